The molecule has 0 aliphatic heterocycles. The Hall–Kier alpha value is -3.15. The number of nitrogens with zero attached hydrogens (tertiary/aromatic N) is 2. The first kappa shape index (κ1) is 13.8. The number of carbonyl (C=O) groups excluding carboxylic acids is 1. The summed E-state index contributed by atoms with van der Waals surface area (Å²) in [6.45, 7) is 0. The van der Waals surface area contributed by atoms with Crippen molar-refractivity contribution >= 4 is 28.5 Å². The van der Waals surface area contributed by atoms with Crippen LogP contribution in [0.2, 0.25) is 0 Å². The Labute approximate surface area is 126 Å². The molecule has 6 heteroatoms. The molecule has 22 heavy (non-hydrogen) atoms. The summed E-state index contributed by atoms with van der Waals surface area (Å²) in [5.41, 5.74) is 1.42. The zero-order chi connectivity index (χ0) is 15.7. The molecule has 0 atom stereocenters. The normalized spacial score (nSPS) is 10.6. The number of nitrogens with one attached hydrogen (secondary N) is 1. The van der Waals surface area contributed by atoms with E-state index in [1.54, 1.807) is 28.9 Å². The average Bonchev–Trinajstić information content (AvgIpc) is 2.86. The molecule has 0 fully saturated rings. The van der Waals surface area contributed by atoms with Gasteiger partial charge in [-0.25, -0.2) is 4.79 Å². The van der Waals surface area contributed by atoms with E-state index in [1.165, 1.54) is 12.1 Å². The van der Waals surface area contributed by atoms with Crippen LogP contribution in [-0.2, 0) is 7.05 Å². The molecule has 0 unspecified atom stereocenters. The molecule has 0 aliphatic rings. The van der Waals surface area contributed by atoms with E-state index in [-0.39, 0.29) is 11.1 Å². The van der Waals surface area contributed by atoms with Crippen molar-refractivity contribution < 1.29 is 14.7 Å². The summed E-state index contributed by atoms with van der Waals surface area (Å²) in [5, 5.41) is 17.1. The van der Waals surface area contributed by atoms with Crippen LogP contribution in [0.3, 0.4) is 0 Å². The van der Waals surface area contributed by atoms with Crippen LogP contribution in [0.5, 0.6) is 0 Å². The lowest BCUT2D eigenvalue weighted by atomic mass is 10.1. The second-order valence-electron chi connectivity index (χ2n) is 4.88. The first-order valence-corrected chi connectivity index (χ1v) is 6.61. The van der Waals surface area contributed by atoms with Crippen LogP contribution >= 0.6 is 0 Å². The number of hydrogen-bond donors (Lipinski definition) is 2. The maximum Gasteiger partial charge on any atom is 0.336 e. The highest BCUT2D eigenvalue weighted by atomic mass is 16.4. The molecule has 2 N–H and O–H groups in total. The quantitative estimate of drug-likeness (QED) is 0.777. The highest BCUT2D eigenvalue weighted by Crippen LogP contribution is 2.19. The Bertz CT molecular complexity index is 883. The number of aromatic nitrogens is 2. The van der Waals surface area contributed by atoms with Gasteiger partial charge in [0.1, 0.15) is 0 Å². The fourth-order valence-electron chi connectivity index (χ4n) is 2.28. The molecule has 2 aromatic carbocycles. The lowest BCUT2D eigenvalue weighted by Crippen LogP contribution is -2.16. The molecule has 1 aromatic heterocycles. The molecule has 0 bridgehead atoms. The molecule has 0 spiro atoms. The highest BCUT2D eigenvalue weighted by Gasteiger charge is 2.16. The Morgan fingerprint density at radius 3 is 2.59 bits per heavy atom. The molecule has 1 heterocycles. The van der Waals surface area contributed by atoms with Crippen LogP contribution in [0.25, 0.3) is 10.9 Å². The number of rotatable bonds is 3. The van der Waals surface area contributed by atoms with Gasteiger partial charge in [-0.1, -0.05) is 12.1 Å². The minimum atomic E-state index is -1.13. The zero-order valence-corrected chi connectivity index (χ0v) is 11.8. The van der Waals surface area contributed by atoms with Crippen LogP contribution in [0.1, 0.15) is 20.7 Å². The van der Waals surface area contributed by atoms with E-state index in [9.17, 15) is 9.59 Å². The summed E-state index contributed by atoms with van der Waals surface area (Å²) in [5.74, 6) is -1.60. The monoisotopic (exact) mass is 295 g/mol. The van der Waals surface area contributed by atoms with E-state index >= 15 is 0 Å². The number of benzene rings is 2. The number of carboxylic acids is 1. The number of aromatic carboxylic acids is 1. The van der Waals surface area contributed by atoms with Gasteiger partial charge in [0, 0.05) is 24.3 Å². The van der Waals surface area contributed by atoms with Gasteiger partial charge in [-0.2, -0.15) is 5.10 Å². The van der Waals surface area contributed by atoms with Gasteiger partial charge >= 0.3 is 5.97 Å². The van der Waals surface area contributed by atoms with Gasteiger partial charge in [0.25, 0.3) is 5.91 Å². The fourth-order valence-corrected chi connectivity index (χ4v) is 2.28. The molecule has 110 valence electrons. The van der Waals surface area contributed by atoms with Crippen molar-refractivity contribution in [1.82, 2.24) is 9.78 Å². The number of fused-ring (bicyclic) bond motifs is 1. The fraction of sp³-hybridized carbons (Fsp3) is 0.0625. The second kappa shape index (κ2) is 5.33. The number of hydrogen-bond acceptors (Lipinski definition) is 3. The summed E-state index contributed by atoms with van der Waals surface area (Å²) in [7, 11) is 1.82. The molecule has 3 aromatic rings. The molecule has 1 amide bonds. The van der Waals surface area contributed by atoms with Crippen LogP contribution in [0, 0.1) is 0 Å². The number of carbonyl (C=O) groups is 2. The molecule has 0 saturated heterocycles. The maximum absolute atomic E-state index is 12.3. The standard InChI is InChI=1S/C16H13N3O3/c1-19-9-10-6-7-11(8-14(10)18-19)17-15(20)12-4-2-3-5-13(12)16(21)22/h2-9H,1H3,(H,17,20)(H,21,22). The molecule has 3 rings (SSSR count). The van der Waals surface area contributed by atoms with E-state index in [4.69, 9.17) is 5.11 Å². The van der Waals surface area contributed by atoms with Crippen LogP contribution in [-0.4, -0.2) is 26.8 Å². The van der Waals surface area contributed by atoms with Gasteiger partial charge in [0.2, 0.25) is 0 Å². The third-order valence-electron chi connectivity index (χ3n) is 3.28. The average molecular weight is 295 g/mol. The van der Waals surface area contributed by atoms with Crippen molar-refractivity contribution in [2.75, 3.05) is 5.32 Å². The van der Waals surface area contributed by atoms with E-state index in [0.29, 0.717) is 5.69 Å². The Morgan fingerprint density at radius 1 is 1.14 bits per heavy atom. The molecule has 6 nitrogen and oxygen atoms in total. The summed E-state index contributed by atoms with van der Waals surface area (Å²) in [4.78, 5) is 23.4. The molecular formula is C16H13N3O3. The van der Waals surface area contributed by atoms with Crippen molar-refractivity contribution in [3.8, 4) is 0 Å². The summed E-state index contributed by atoms with van der Waals surface area (Å²) >= 11 is 0. The SMILES string of the molecule is Cn1cc2ccc(NC(=O)c3ccccc3C(=O)O)cc2n1. The third-order valence-corrected chi connectivity index (χ3v) is 3.28. The first-order chi connectivity index (χ1) is 10.5. The smallest absolute Gasteiger partial charge is 0.336 e. The first-order valence-electron chi connectivity index (χ1n) is 6.61. The lowest BCUT2D eigenvalue weighted by Gasteiger charge is -2.07. The van der Waals surface area contributed by atoms with E-state index in [2.05, 4.69) is 10.4 Å². The predicted octanol–water partition coefficient (Wildman–Crippen LogP) is 2.52. The number of aryl methyl sites for hydroxylation is 1. The van der Waals surface area contributed by atoms with E-state index < -0.39 is 11.9 Å². The molecule has 0 aliphatic carbocycles. The van der Waals surface area contributed by atoms with Gasteiger partial charge < -0.3 is 10.4 Å². The number of anilines is 1. The van der Waals surface area contributed by atoms with Crippen LogP contribution < -0.4 is 5.32 Å². The minimum absolute atomic E-state index is 0.0288. The van der Waals surface area contributed by atoms with Gasteiger partial charge in [-0.05, 0) is 30.3 Å². The van der Waals surface area contributed by atoms with Crippen molar-refractivity contribution in [2.24, 2.45) is 7.05 Å². The van der Waals surface area contributed by atoms with Crippen molar-refractivity contribution in [2.45, 2.75) is 0 Å². The summed E-state index contributed by atoms with van der Waals surface area (Å²) in [6, 6.07) is 11.4. The Kier molecular flexibility index (Phi) is 3.34. The summed E-state index contributed by atoms with van der Waals surface area (Å²) < 4.78 is 1.69. The van der Waals surface area contributed by atoms with Crippen molar-refractivity contribution in [3.05, 3.63) is 59.8 Å². The van der Waals surface area contributed by atoms with Crippen molar-refractivity contribution in [3.63, 3.8) is 0 Å². The Morgan fingerprint density at radius 2 is 1.86 bits per heavy atom. The van der Waals surface area contributed by atoms with Crippen molar-refractivity contribution in [1.29, 1.82) is 0 Å². The van der Waals surface area contributed by atoms with Crippen LogP contribution in [0.4, 0.5) is 5.69 Å². The van der Waals surface area contributed by atoms with Gasteiger partial charge in [0.05, 0.1) is 16.6 Å². The largest absolute Gasteiger partial charge is 0.478 e. The lowest BCUT2D eigenvalue weighted by molar-refractivity contribution is 0.0692. The van der Waals surface area contributed by atoms with Crippen LogP contribution in [0.15, 0.2) is 48.7 Å². The molecule has 0 saturated carbocycles. The molecular weight excluding hydrogens is 282 g/mol. The number of carboxylic acid groups (broad SMARTS) is 1. The predicted molar refractivity (Wildman–Crippen MR) is 82.1 cm³/mol. The second-order valence-corrected chi connectivity index (χ2v) is 4.88. The van der Waals surface area contributed by atoms with Gasteiger partial charge in [0.15, 0.2) is 0 Å². The van der Waals surface area contributed by atoms with E-state index in [1.807, 2.05) is 19.3 Å². The number of amides is 1. The third kappa shape index (κ3) is 2.54. The molecule has 0 radical (unpaired) electrons. The topological polar surface area (TPSA) is 84.2 Å². The summed E-state index contributed by atoms with van der Waals surface area (Å²) in [6.07, 6.45) is 1.88. The maximum atomic E-state index is 12.3. The van der Waals surface area contributed by atoms with Gasteiger partial charge in [-0.3, -0.25) is 9.48 Å². The zero-order valence-electron chi connectivity index (χ0n) is 11.8. The Balaban J connectivity index is 1.91. The minimum Gasteiger partial charge on any atom is -0.478 e. The van der Waals surface area contributed by atoms with E-state index in [0.717, 1.165) is 10.9 Å². The highest BCUT2D eigenvalue weighted by molar-refractivity contribution is 6.11. The van der Waals surface area contributed by atoms with Gasteiger partial charge in [-0.15, -0.1) is 0 Å².